The van der Waals surface area contributed by atoms with Gasteiger partial charge in [0.05, 0.1) is 6.54 Å². The summed E-state index contributed by atoms with van der Waals surface area (Å²) >= 11 is 0. The quantitative estimate of drug-likeness (QED) is 0.931. The molecule has 0 spiro atoms. The van der Waals surface area contributed by atoms with E-state index in [1.54, 1.807) is 0 Å². The van der Waals surface area contributed by atoms with Crippen LogP contribution in [0.15, 0.2) is 6.20 Å². The van der Waals surface area contributed by atoms with Crippen molar-refractivity contribution in [1.29, 1.82) is 0 Å². The van der Waals surface area contributed by atoms with Crippen LogP contribution in [0.1, 0.15) is 75.5 Å². The number of H-pyrrole nitrogens is 1. The number of aromatic nitrogens is 5. The maximum Gasteiger partial charge on any atom is 0.156 e. The van der Waals surface area contributed by atoms with Gasteiger partial charge in [0.15, 0.2) is 5.82 Å². The third-order valence-electron chi connectivity index (χ3n) is 5.48. The second-order valence-electron chi connectivity index (χ2n) is 8.65. The number of aromatic amines is 1. The van der Waals surface area contributed by atoms with Crippen LogP contribution in [-0.2, 0) is 24.9 Å². The molecule has 0 radical (unpaired) electrons. The van der Waals surface area contributed by atoms with E-state index in [-0.39, 0.29) is 5.41 Å². The fraction of sp³-hybridized carbons (Fsp3) is 0.737. The topological polar surface area (TPSA) is 62.6 Å². The van der Waals surface area contributed by atoms with Crippen LogP contribution in [0.4, 0.5) is 0 Å². The highest BCUT2D eigenvalue weighted by atomic mass is 15.3. The Morgan fingerprint density at radius 2 is 2.08 bits per heavy atom. The number of hydrogen-bond donors (Lipinski definition) is 1. The predicted octanol–water partition coefficient (Wildman–Crippen LogP) is 3.01. The van der Waals surface area contributed by atoms with E-state index >= 15 is 0 Å². The van der Waals surface area contributed by atoms with Crippen molar-refractivity contribution >= 4 is 0 Å². The molecule has 0 aliphatic carbocycles. The van der Waals surface area contributed by atoms with Crippen LogP contribution in [0, 0.1) is 0 Å². The Morgan fingerprint density at radius 3 is 2.88 bits per heavy atom. The SMILES string of the molecule is CC(C)(C)c1n[nH]c(CN2CCCC(c3ncc4n3CCCC4)C2)n1. The molecule has 0 aromatic carbocycles. The molecule has 1 fully saturated rings. The predicted molar refractivity (Wildman–Crippen MR) is 97.5 cm³/mol. The van der Waals surface area contributed by atoms with Gasteiger partial charge in [0.2, 0.25) is 0 Å². The van der Waals surface area contributed by atoms with Crippen LogP contribution < -0.4 is 0 Å². The molecule has 6 nitrogen and oxygen atoms in total. The number of nitrogens with one attached hydrogen (secondary N) is 1. The van der Waals surface area contributed by atoms with Gasteiger partial charge in [0.1, 0.15) is 11.6 Å². The van der Waals surface area contributed by atoms with Gasteiger partial charge in [-0.1, -0.05) is 20.8 Å². The lowest BCUT2D eigenvalue weighted by molar-refractivity contribution is 0.190. The van der Waals surface area contributed by atoms with Crippen LogP contribution in [-0.4, -0.2) is 42.7 Å². The summed E-state index contributed by atoms with van der Waals surface area (Å²) in [6, 6.07) is 0. The summed E-state index contributed by atoms with van der Waals surface area (Å²) in [5.74, 6) is 3.74. The standard InChI is InChI=1S/C19H30N6/c1-19(2,3)18-21-16(22-23-18)13-24-9-6-7-14(12-24)17-20-11-15-8-4-5-10-25(15)17/h11,14H,4-10,12-13H2,1-3H3,(H,21,22,23). The van der Waals surface area contributed by atoms with Crippen molar-refractivity contribution in [3.63, 3.8) is 0 Å². The van der Waals surface area contributed by atoms with Gasteiger partial charge in [-0.2, -0.15) is 5.10 Å². The highest BCUT2D eigenvalue weighted by Crippen LogP contribution is 2.29. The zero-order valence-corrected chi connectivity index (χ0v) is 15.8. The molecule has 4 rings (SSSR count). The Morgan fingerprint density at radius 1 is 1.20 bits per heavy atom. The first-order chi connectivity index (χ1) is 12.0. The molecule has 1 unspecified atom stereocenters. The Hall–Kier alpha value is -1.69. The molecule has 2 aromatic rings. The van der Waals surface area contributed by atoms with Crippen LogP contribution in [0.5, 0.6) is 0 Å². The van der Waals surface area contributed by atoms with E-state index in [0.717, 1.165) is 37.8 Å². The number of fused-ring (bicyclic) bond motifs is 1. The lowest BCUT2D eigenvalue weighted by atomic mass is 9.96. The molecule has 2 aliphatic rings. The van der Waals surface area contributed by atoms with Crippen molar-refractivity contribution < 1.29 is 0 Å². The van der Waals surface area contributed by atoms with Gasteiger partial charge < -0.3 is 4.57 Å². The second kappa shape index (κ2) is 6.56. The largest absolute Gasteiger partial charge is 0.332 e. The average molecular weight is 342 g/mol. The Kier molecular flexibility index (Phi) is 4.40. The minimum atomic E-state index is -0.00586. The molecule has 0 bridgehead atoms. The lowest BCUT2D eigenvalue weighted by Crippen LogP contribution is -2.35. The van der Waals surface area contributed by atoms with E-state index in [4.69, 9.17) is 9.97 Å². The highest BCUT2D eigenvalue weighted by molar-refractivity contribution is 5.13. The summed E-state index contributed by atoms with van der Waals surface area (Å²) in [5, 5.41) is 7.54. The maximum absolute atomic E-state index is 4.80. The second-order valence-corrected chi connectivity index (χ2v) is 8.65. The molecule has 25 heavy (non-hydrogen) atoms. The Labute approximate surface area is 150 Å². The molecule has 1 N–H and O–H groups in total. The molecular weight excluding hydrogens is 312 g/mol. The summed E-state index contributed by atoms with van der Waals surface area (Å²) in [4.78, 5) is 12.0. The molecule has 4 heterocycles. The normalized spacial score (nSPS) is 22.1. The molecular formula is C19H30N6. The van der Waals surface area contributed by atoms with E-state index in [1.165, 1.54) is 43.6 Å². The Bertz CT molecular complexity index is 723. The van der Waals surface area contributed by atoms with Crippen LogP contribution in [0.3, 0.4) is 0 Å². The van der Waals surface area contributed by atoms with Crippen molar-refractivity contribution in [2.24, 2.45) is 0 Å². The van der Waals surface area contributed by atoms with Gasteiger partial charge in [-0.25, -0.2) is 9.97 Å². The maximum atomic E-state index is 4.80. The van der Waals surface area contributed by atoms with Gasteiger partial charge in [-0.15, -0.1) is 0 Å². The van der Waals surface area contributed by atoms with Crippen molar-refractivity contribution in [1.82, 2.24) is 29.6 Å². The minimum Gasteiger partial charge on any atom is -0.332 e. The summed E-state index contributed by atoms with van der Waals surface area (Å²) < 4.78 is 2.49. The summed E-state index contributed by atoms with van der Waals surface area (Å²) in [6.07, 6.45) is 8.38. The van der Waals surface area contributed by atoms with Gasteiger partial charge >= 0.3 is 0 Å². The third kappa shape index (κ3) is 3.50. The first-order valence-corrected chi connectivity index (χ1v) is 9.69. The average Bonchev–Trinajstić information content (AvgIpc) is 3.21. The lowest BCUT2D eigenvalue weighted by Gasteiger charge is -2.32. The van der Waals surface area contributed by atoms with Gasteiger partial charge in [0, 0.05) is 36.3 Å². The first kappa shape index (κ1) is 16.8. The van der Waals surface area contributed by atoms with Crippen molar-refractivity contribution in [3.8, 4) is 0 Å². The highest BCUT2D eigenvalue weighted by Gasteiger charge is 2.27. The fourth-order valence-corrected chi connectivity index (χ4v) is 4.11. The van der Waals surface area contributed by atoms with Crippen molar-refractivity contribution in [3.05, 3.63) is 29.4 Å². The molecule has 0 saturated carbocycles. The van der Waals surface area contributed by atoms with Gasteiger partial charge in [0.25, 0.3) is 0 Å². The number of imidazole rings is 1. The summed E-state index contributed by atoms with van der Waals surface area (Å²) in [7, 11) is 0. The van der Waals surface area contributed by atoms with Crippen LogP contribution >= 0.6 is 0 Å². The number of piperidine rings is 1. The molecule has 1 saturated heterocycles. The number of likely N-dealkylation sites (tertiary alicyclic amines) is 1. The van der Waals surface area contributed by atoms with E-state index in [0.29, 0.717) is 5.92 Å². The smallest absolute Gasteiger partial charge is 0.156 e. The van der Waals surface area contributed by atoms with Crippen LogP contribution in [0.2, 0.25) is 0 Å². The number of aryl methyl sites for hydroxylation is 1. The fourth-order valence-electron chi connectivity index (χ4n) is 4.11. The van der Waals surface area contributed by atoms with Crippen molar-refractivity contribution in [2.45, 2.75) is 77.3 Å². The van der Waals surface area contributed by atoms with E-state index in [1.807, 2.05) is 0 Å². The summed E-state index contributed by atoms with van der Waals surface area (Å²) in [5.41, 5.74) is 1.43. The molecule has 0 amide bonds. The zero-order chi connectivity index (χ0) is 17.4. The molecule has 2 aromatic heterocycles. The van der Waals surface area contributed by atoms with E-state index in [9.17, 15) is 0 Å². The monoisotopic (exact) mass is 342 g/mol. The number of rotatable bonds is 3. The molecule has 136 valence electrons. The van der Waals surface area contributed by atoms with E-state index in [2.05, 4.69) is 46.6 Å². The molecule has 2 aliphatic heterocycles. The minimum absolute atomic E-state index is 0.00586. The van der Waals surface area contributed by atoms with Crippen LogP contribution in [0.25, 0.3) is 0 Å². The van der Waals surface area contributed by atoms with Crippen molar-refractivity contribution in [2.75, 3.05) is 13.1 Å². The third-order valence-corrected chi connectivity index (χ3v) is 5.48. The summed E-state index contributed by atoms with van der Waals surface area (Å²) in [6.45, 7) is 10.7. The molecule has 6 heteroatoms. The molecule has 1 atom stereocenters. The van der Waals surface area contributed by atoms with E-state index < -0.39 is 0 Å². The first-order valence-electron chi connectivity index (χ1n) is 9.69. The Balaban J connectivity index is 1.44. The number of hydrogen-bond acceptors (Lipinski definition) is 4. The van der Waals surface area contributed by atoms with Gasteiger partial charge in [-0.3, -0.25) is 10.00 Å². The zero-order valence-electron chi connectivity index (χ0n) is 15.8. The van der Waals surface area contributed by atoms with Gasteiger partial charge in [-0.05, 0) is 38.6 Å². The number of nitrogens with zero attached hydrogens (tertiary/aromatic N) is 5.